The number of benzene rings is 1. The van der Waals surface area contributed by atoms with E-state index in [1.165, 1.54) is 0 Å². The molecule has 0 aromatic heterocycles. The molecule has 1 rings (SSSR count). The van der Waals surface area contributed by atoms with E-state index < -0.39 is 53.6 Å². The smallest absolute Gasteiger partial charge is 0.408 e. The van der Waals surface area contributed by atoms with Gasteiger partial charge < -0.3 is 24.8 Å². The number of esters is 2. The fourth-order valence-electron chi connectivity index (χ4n) is 3.26. The summed E-state index contributed by atoms with van der Waals surface area (Å²) >= 11 is 0. The van der Waals surface area contributed by atoms with E-state index in [-0.39, 0.29) is 5.92 Å². The van der Waals surface area contributed by atoms with Crippen LogP contribution in [0.25, 0.3) is 0 Å². The Bertz CT molecular complexity index is 912. The first-order valence-electron chi connectivity index (χ1n) is 12.2. The Balaban J connectivity index is 3.10. The van der Waals surface area contributed by atoms with Crippen molar-refractivity contribution in [2.75, 3.05) is 0 Å². The average molecular weight is 507 g/mol. The summed E-state index contributed by atoms with van der Waals surface area (Å²) in [6.07, 6.45) is -1.02. The number of hydrogen-bond acceptors (Lipinski definition) is 7. The van der Waals surface area contributed by atoms with Gasteiger partial charge in [-0.15, -0.1) is 0 Å². The lowest BCUT2D eigenvalue weighted by Crippen LogP contribution is -2.54. The molecule has 2 atom stereocenters. The van der Waals surface area contributed by atoms with Crippen LogP contribution in [0, 0.1) is 19.8 Å². The van der Waals surface area contributed by atoms with Crippen molar-refractivity contribution in [1.29, 1.82) is 0 Å². The number of carbonyl (C=O) groups is 4. The molecule has 36 heavy (non-hydrogen) atoms. The van der Waals surface area contributed by atoms with Gasteiger partial charge >= 0.3 is 18.0 Å². The number of nitrogens with one attached hydrogen (secondary N) is 2. The molecule has 202 valence electrons. The molecule has 1 aromatic rings. The Labute approximate surface area is 214 Å². The molecule has 2 N–H and O–H groups in total. The zero-order valence-corrected chi connectivity index (χ0v) is 23.2. The highest BCUT2D eigenvalue weighted by Gasteiger charge is 2.32. The summed E-state index contributed by atoms with van der Waals surface area (Å²) in [6, 6.07) is 3.10. The number of hydrogen-bond donors (Lipinski definition) is 2. The Morgan fingerprint density at radius 1 is 0.861 bits per heavy atom. The summed E-state index contributed by atoms with van der Waals surface area (Å²) in [6.45, 7) is 17.7. The highest BCUT2D eigenvalue weighted by molar-refractivity contribution is 5.92. The molecule has 9 heteroatoms. The van der Waals surface area contributed by atoms with Gasteiger partial charge in [0.25, 0.3) is 0 Å². The van der Waals surface area contributed by atoms with Crippen LogP contribution < -0.4 is 15.4 Å². The SMILES string of the molecule is Cc1ccc(OC(=O)[C@H](CC(C)C)NC(=O)[C@H](CC(=O)OC(C)(C)C)NC(=O)OC(C)(C)C)c(C)c1. The lowest BCUT2D eigenvalue weighted by molar-refractivity contribution is -0.156. The van der Waals surface area contributed by atoms with Crippen molar-refractivity contribution < 1.29 is 33.4 Å². The van der Waals surface area contributed by atoms with E-state index in [9.17, 15) is 19.2 Å². The number of ether oxygens (including phenoxy) is 3. The predicted molar refractivity (Wildman–Crippen MR) is 137 cm³/mol. The molecule has 0 saturated heterocycles. The molecule has 0 bridgehead atoms. The van der Waals surface area contributed by atoms with Crippen LogP contribution in [0.1, 0.15) is 79.4 Å². The number of rotatable bonds is 9. The fourth-order valence-corrected chi connectivity index (χ4v) is 3.26. The Kier molecular flexibility index (Phi) is 10.9. The van der Waals surface area contributed by atoms with Crippen LogP contribution in [0.5, 0.6) is 5.75 Å². The van der Waals surface area contributed by atoms with Crippen molar-refractivity contribution in [2.24, 2.45) is 5.92 Å². The van der Waals surface area contributed by atoms with E-state index >= 15 is 0 Å². The maximum atomic E-state index is 13.2. The summed E-state index contributed by atoms with van der Waals surface area (Å²) in [4.78, 5) is 51.1. The lowest BCUT2D eigenvalue weighted by atomic mass is 10.0. The molecular formula is C27H42N2O7. The van der Waals surface area contributed by atoms with Gasteiger partial charge in [-0.2, -0.15) is 0 Å². The van der Waals surface area contributed by atoms with Crippen molar-refractivity contribution in [2.45, 2.75) is 105 Å². The van der Waals surface area contributed by atoms with Gasteiger partial charge in [-0.25, -0.2) is 9.59 Å². The molecule has 0 heterocycles. The number of carbonyl (C=O) groups excluding carboxylic acids is 4. The predicted octanol–water partition coefficient (Wildman–Crippen LogP) is 4.36. The minimum Gasteiger partial charge on any atom is -0.460 e. The normalized spacial score (nSPS) is 13.4. The summed E-state index contributed by atoms with van der Waals surface area (Å²) in [7, 11) is 0. The number of aryl methyl sites for hydroxylation is 2. The summed E-state index contributed by atoms with van der Waals surface area (Å²) in [5.41, 5.74) is 0.220. The first-order chi connectivity index (χ1) is 16.4. The summed E-state index contributed by atoms with van der Waals surface area (Å²) in [5.74, 6) is -1.61. The largest absolute Gasteiger partial charge is 0.460 e. The molecule has 0 radical (unpaired) electrons. The van der Waals surface area contributed by atoms with E-state index in [0.717, 1.165) is 11.1 Å². The van der Waals surface area contributed by atoms with E-state index in [1.807, 2.05) is 39.8 Å². The van der Waals surface area contributed by atoms with Crippen LogP contribution >= 0.6 is 0 Å². The fraction of sp³-hybridized carbons (Fsp3) is 0.630. The summed E-state index contributed by atoms with van der Waals surface area (Å²) in [5, 5.41) is 5.07. The number of alkyl carbamates (subject to hydrolysis) is 1. The van der Waals surface area contributed by atoms with Crippen molar-refractivity contribution in [3.8, 4) is 5.75 Å². The third kappa shape index (κ3) is 12.0. The van der Waals surface area contributed by atoms with Gasteiger partial charge in [0, 0.05) is 0 Å². The molecule has 1 aromatic carbocycles. The van der Waals surface area contributed by atoms with E-state index in [2.05, 4.69) is 10.6 Å². The highest BCUT2D eigenvalue weighted by Crippen LogP contribution is 2.20. The molecule has 2 amide bonds. The van der Waals surface area contributed by atoms with Crippen molar-refractivity contribution in [3.63, 3.8) is 0 Å². The highest BCUT2D eigenvalue weighted by atomic mass is 16.6. The molecule has 0 aliphatic carbocycles. The molecule has 0 unspecified atom stereocenters. The van der Waals surface area contributed by atoms with Crippen molar-refractivity contribution in [1.82, 2.24) is 10.6 Å². The van der Waals surface area contributed by atoms with E-state index in [4.69, 9.17) is 14.2 Å². The molecule has 0 aliphatic rings. The van der Waals surface area contributed by atoms with Crippen molar-refractivity contribution >= 4 is 23.9 Å². The number of amides is 2. The Hall–Kier alpha value is -3.10. The van der Waals surface area contributed by atoms with Crippen LogP contribution in [0.15, 0.2) is 18.2 Å². The van der Waals surface area contributed by atoms with Crippen LogP contribution in [0.2, 0.25) is 0 Å². The van der Waals surface area contributed by atoms with Gasteiger partial charge in [0.05, 0.1) is 6.42 Å². The lowest BCUT2D eigenvalue weighted by Gasteiger charge is -2.26. The van der Waals surface area contributed by atoms with Crippen LogP contribution in [-0.4, -0.2) is 47.2 Å². The molecular weight excluding hydrogens is 464 g/mol. The average Bonchev–Trinajstić information content (AvgIpc) is 2.65. The molecule has 0 fully saturated rings. The molecule has 9 nitrogen and oxygen atoms in total. The topological polar surface area (TPSA) is 120 Å². The zero-order chi connectivity index (χ0) is 27.8. The van der Waals surface area contributed by atoms with Gasteiger partial charge in [-0.1, -0.05) is 31.5 Å². The minimum absolute atomic E-state index is 0.0464. The Morgan fingerprint density at radius 3 is 1.94 bits per heavy atom. The molecule has 0 aliphatic heterocycles. The van der Waals surface area contributed by atoms with Crippen LogP contribution in [-0.2, 0) is 23.9 Å². The van der Waals surface area contributed by atoms with Gasteiger partial charge in [-0.3, -0.25) is 9.59 Å². The van der Waals surface area contributed by atoms with Crippen molar-refractivity contribution in [3.05, 3.63) is 29.3 Å². The quantitative estimate of drug-likeness (QED) is 0.377. The first kappa shape index (κ1) is 30.9. The maximum absolute atomic E-state index is 13.2. The maximum Gasteiger partial charge on any atom is 0.408 e. The van der Waals surface area contributed by atoms with Crippen LogP contribution in [0.3, 0.4) is 0 Å². The summed E-state index contributed by atoms with van der Waals surface area (Å²) < 4.78 is 16.1. The second-order valence-electron chi connectivity index (χ2n) is 11.4. The zero-order valence-electron chi connectivity index (χ0n) is 23.2. The van der Waals surface area contributed by atoms with Gasteiger partial charge in [0.2, 0.25) is 5.91 Å². The third-order valence-corrected chi connectivity index (χ3v) is 4.65. The van der Waals surface area contributed by atoms with E-state index in [0.29, 0.717) is 12.2 Å². The second-order valence-corrected chi connectivity index (χ2v) is 11.4. The van der Waals surface area contributed by atoms with E-state index in [1.54, 1.807) is 47.6 Å². The van der Waals surface area contributed by atoms with Gasteiger partial charge in [-0.05, 0) is 79.4 Å². The van der Waals surface area contributed by atoms with Gasteiger partial charge in [0.1, 0.15) is 29.0 Å². The first-order valence-corrected chi connectivity index (χ1v) is 12.2. The molecule has 0 spiro atoms. The standard InChI is InChI=1S/C27H42N2O7/c1-16(2)13-20(24(32)34-21-12-11-17(3)14-18(21)4)28-23(31)19(15-22(30)35-26(5,6)7)29-25(33)36-27(8,9)10/h11-12,14,16,19-20H,13,15H2,1-10H3,(H,28,31)(H,29,33)/t19-,20-/m0/s1. The second kappa shape index (κ2) is 12.7. The molecule has 0 saturated carbocycles. The Morgan fingerprint density at radius 2 is 1.44 bits per heavy atom. The monoisotopic (exact) mass is 506 g/mol. The minimum atomic E-state index is -1.32. The van der Waals surface area contributed by atoms with Crippen LogP contribution in [0.4, 0.5) is 4.79 Å². The third-order valence-electron chi connectivity index (χ3n) is 4.65. The van der Waals surface area contributed by atoms with Gasteiger partial charge in [0.15, 0.2) is 0 Å².